The van der Waals surface area contributed by atoms with Crippen LogP contribution >= 0.6 is 0 Å². The molecule has 1 atom stereocenters. The molecule has 0 spiro atoms. The first kappa shape index (κ1) is 23.6. The van der Waals surface area contributed by atoms with Gasteiger partial charge in [-0.3, -0.25) is 4.79 Å². The van der Waals surface area contributed by atoms with Crippen LogP contribution in [0, 0.1) is 5.92 Å². The van der Waals surface area contributed by atoms with Gasteiger partial charge < -0.3 is 29.7 Å². The predicted molar refractivity (Wildman–Crippen MR) is 118 cm³/mol. The molecular weight excluding hydrogens is 414 g/mol. The number of allylic oxidation sites excluding steroid dienone is 1. The van der Waals surface area contributed by atoms with Crippen molar-refractivity contribution >= 4 is 23.5 Å². The molecule has 9 heteroatoms. The summed E-state index contributed by atoms with van der Waals surface area (Å²) in [6.07, 6.45) is 2.47. The number of piperidine rings is 2. The molecule has 1 amide bonds. The Kier molecular flexibility index (Phi) is 8.09. The maximum Gasteiger partial charge on any atom is 0.255 e. The van der Waals surface area contributed by atoms with E-state index in [1.807, 2.05) is 12.1 Å². The van der Waals surface area contributed by atoms with E-state index in [1.54, 1.807) is 32.2 Å². The Morgan fingerprint density at radius 2 is 1.84 bits per heavy atom. The van der Waals surface area contributed by atoms with Crippen LogP contribution in [-0.2, 0) is 19.1 Å². The smallest absolute Gasteiger partial charge is 0.255 e. The maximum atomic E-state index is 12.9. The summed E-state index contributed by atoms with van der Waals surface area (Å²) < 4.78 is 16.3. The lowest BCUT2D eigenvalue weighted by atomic mass is 9.95. The topological polar surface area (TPSA) is 106 Å². The third kappa shape index (κ3) is 5.21. The van der Waals surface area contributed by atoms with E-state index >= 15 is 0 Å². The number of methoxy groups -OCH3 is 3. The molecule has 0 saturated carbocycles. The van der Waals surface area contributed by atoms with E-state index in [0.29, 0.717) is 30.1 Å². The van der Waals surface area contributed by atoms with Crippen LogP contribution in [0.1, 0.15) is 36.0 Å². The summed E-state index contributed by atoms with van der Waals surface area (Å²) in [6, 6.07) is 4.91. The van der Waals surface area contributed by atoms with Crippen LogP contribution in [0.5, 0.6) is 5.75 Å². The standard InChI is InChI=1S/C23H29N3O6/c1-30-21-12-17(26-10-8-15(9-11-26)23(31-2)32-3)5-6-18(21)22(29)25-19-7-4-16(13-27)24-20(19)14-28/h5-6,12,15,19,23-24H,4,7-11H2,1-3H3,(H,25,29)/t19-/m0/s1. The van der Waals surface area contributed by atoms with Crippen LogP contribution < -0.4 is 20.3 Å². The Labute approximate surface area is 187 Å². The second-order valence-electron chi connectivity index (χ2n) is 7.83. The number of ether oxygens (including phenoxy) is 3. The van der Waals surface area contributed by atoms with Gasteiger partial charge in [0.05, 0.1) is 18.7 Å². The molecule has 3 rings (SSSR count). The summed E-state index contributed by atoms with van der Waals surface area (Å²) in [5, 5.41) is 5.50. The highest BCUT2D eigenvalue weighted by Gasteiger charge is 2.28. The van der Waals surface area contributed by atoms with E-state index in [-0.39, 0.29) is 23.6 Å². The zero-order chi connectivity index (χ0) is 23.1. The van der Waals surface area contributed by atoms with Gasteiger partial charge in [0.25, 0.3) is 5.91 Å². The molecule has 1 aromatic rings. The Balaban J connectivity index is 1.68. The lowest BCUT2D eigenvalue weighted by molar-refractivity contribution is -0.141. The molecular formula is C23H29N3O6. The van der Waals surface area contributed by atoms with Crippen LogP contribution in [0.15, 0.2) is 29.6 Å². The van der Waals surface area contributed by atoms with Gasteiger partial charge in [0, 0.05) is 51.4 Å². The van der Waals surface area contributed by atoms with Crippen molar-refractivity contribution in [3.8, 4) is 5.75 Å². The van der Waals surface area contributed by atoms with Gasteiger partial charge in [0.1, 0.15) is 29.0 Å². The first-order valence-corrected chi connectivity index (χ1v) is 10.6. The summed E-state index contributed by atoms with van der Waals surface area (Å²) >= 11 is 0. The van der Waals surface area contributed by atoms with Crippen molar-refractivity contribution in [2.24, 2.45) is 5.92 Å². The number of benzene rings is 1. The van der Waals surface area contributed by atoms with Crippen molar-refractivity contribution in [3.05, 3.63) is 35.2 Å². The number of amides is 1. The lowest BCUT2D eigenvalue weighted by Crippen LogP contribution is -2.43. The fourth-order valence-corrected chi connectivity index (χ4v) is 4.27. The van der Waals surface area contributed by atoms with Crippen LogP contribution in [0.4, 0.5) is 5.69 Å². The van der Waals surface area contributed by atoms with Gasteiger partial charge in [0.2, 0.25) is 0 Å². The average molecular weight is 444 g/mol. The Morgan fingerprint density at radius 3 is 2.44 bits per heavy atom. The molecule has 0 unspecified atom stereocenters. The molecule has 0 aromatic heterocycles. The third-order valence-electron chi connectivity index (χ3n) is 6.04. The quantitative estimate of drug-likeness (QED) is 0.482. The fourth-order valence-electron chi connectivity index (χ4n) is 4.27. The van der Waals surface area contributed by atoms with Gasteiger partial charge in [-0.15, -0.1) is 0 Å². The van der Waals surface area contributed by atoms with Crippen LogP contribution in [0.25, 0.3) is 0 Å². The summed E-state index contributed by atoms with van der Waals surface area (Å²) in [5.41, 5.74) is 1.73. The second-order valence-corrected chi connectivity index (χ2v) is 7.83. The number of carbonyl (C=O) groups excluding carboxylic acids is 3. The summed E-state index contributed by atoms with van der Waals surface area (Å²) in [7, 11) is 4.83. The maximum absolute atomic E-state index is 12.9. The van der Waals surface area contributed by atoms with Crippen molar-refractivity contribution in [1.29, 1.82) is 0 Å². The van der Waals surface area contributed by atoms with Crippen molar-refractivity contribution in [3.63, 3.8) is 0 Å². The summed E-state index contributed by atoms with van der Waals surface area (Å²) in [6.45, 7) is 1.69. The van der Waals surface area contributed by atoms with Crippen molar-refractivity contribution < 1.29 is 28.6 Å². The number of carbonyl (C=O) groups is 1. The molecule has 1 aromatic carbocycles. The molecule has 2 aliphatic heterocycles. The van der Waals surface area contributed by atoms with E-state index in [2.05, 4.69) is 15.5 Å². The molecule has 9 nitrogen and oxygen atoms in total. The minimum Gasteiger partial charge on any atom is -0.496 e. The average Bonchev–Trinajstić information content (AvgIpc) is 2.85. The van der Waals surface area contributed by atoms with E-state index < -0.39 is 6.04 Å². The molecule has 2 saturated heterocycles. The van der Waals surface area contributed by atoms with Crippen molar-refractivity contribution in [1.82, 2.24) is 10.6 Å². The number of anilines is 1. The SMILES string of the molecule is COc1cc(N2CCC(C(OC)OC)CC2)ccc1C(=O)N[C@H]1CCC(=C=O)NC1=C=O. The molecule has 172 valence electrons. The largest absolute Gasteiger partial charge is 0.496 e. The van der Waals surface area contributed by atoms with E-state index in [1.165, 1.54) is 7.11 Å². The zero-order valence-corrected chi connectivity index (χ0v) is 18.6. The Hall–Kier alpha value is -3.09. The van der Waals surface area contributed by atoms with Gasteiger partial charge in [0.15, 0.2) is 6.29 Å². The number of nitrogens with one attached hydrogen (secondary N) is 2. The molecule has 2 N–H and O–H groups in total. The van der Waals surface area contributed by atoms with Gasteiger partial charge in [-0.2, -0.15) is 0 Å². The van der Waals surface area contributed by atoms with E-state index in [9.17, 15) is 14.4 Å². The molecule has 32 heavy (non-hydrogen) atoms. The molecule has 2 heterocycles. The van der Waals surface area contributed by atoms with Crippen molar-refractivity contribution in [2.75, 3.05) is 39.3 Å². The Bertz CT molecular complexity index is 924. The van der Waals surface area contributed by atoms with Crippen molar-refractivity contribution in [2.45, 2.75) is 38.0 Å². The van der Waals surface area contributed by atoms with Gasteiger partial charge in [-0.05, 0) is 31.4 Å². The monoisotopic (exact) mass is 443 g/mol. The minimum absolute atomic E-state index is 0.117. The molecule has 2 aliphatic rings. The van der Waals surface area contributed by atoms with E-state index in [0.717, 1.165) is 31.6 Å². The molecule has 0 aliphatic carbocycles. The number of rotatable bonds is 7. The predicted octanol–water partition coefficient (Wildman–Crippen LogP) is 1.44. The van der Waals surface area contributed by atoms with Gasteiger partial charge in [-0.25, -0.2) is 9.59 Å². The Morgan fingerprint density at radius 1 is 1.12 bits per heavy atom. The zero-order valence-electron chi connectivity index (χ0n) is 18.6. The highest BCUT2D eigenvalue weighted by Crippen LogP contribution is 2.31. The molecule has 0 bridgehead atoms. The minimum atomic E-state index is -0.560. The van der Waals surface area contributed by atoms with E-state index in [4.69, 9.17) is 14.2 Å². The highest BCUT2D eigenvalue weighted by atomic mass is 16.7. The fraction of sp³-hybridized carbons (Fsp3) is 0.522. The second kappa shape index (κ2) is 11.0. The third-order valence-corrected chi connectivity index (χ3v) is 6.04. The number of hydrogen-bond acceptors (Lipinski definition) is 8. The molecule has 2 fully saturated rings. The van der Waals surface area contributed by atoms with Gasteiger partial charge in [-0.1, -0.05) is 0 Å². The molecule has 0 radical (unpaired) electrons. The first-order chi connectivity index (χ1) is 15.5. The summed E-state index contributed by atoms with van der Waals surface area (Å²) in [5.74, 6) is 3.93. The van der Waals surface area contributed by atoms with Crippen LogP contribution in [-0.4, -0.2) is 64.5 Å². The highest BCUT2D eigenvalue weighted by molar-refractivity contribution is 5.98. The normalized spacial score (nSPS) is 19.2. The van der Waals surface area contributed by atoms with Crippen LogP contribution in [0.2, 0.25) is 0 Å². The summed E-state index contributed by atoms with van der Waals surface area (Å²) in [4.78, 5) is 37.2. The number of hydrogen-bond donors (Lipinski definition) is 2. The van der Waals surface area contributed by atoms with Gasteiger partial charge >= 0.3 is 0 Å². The number of nitrogens with zero attached hydrogens (tertiary/aromatic N) is 1. The lowest BCUT2D eigenvalue weighted by Gasteiger charge is -2.36. The first-order valence-electron chi connectivity index (χ1n) is 10.6. The van der Waals surface area contributed by atoms with Crippen LogP contribution in [0.3, 0.4) is 0 Å².